The summed E-state index contributed by atoms with van der Waals surface area (Å²) in [5.74, 6) is 0. The molecule has 8 heteroatoms. The smallest absolute Gasteiger partial charge is 0.465 e. The first-order valence-corrected chi connectivity index (χ1v) is 8.99. The Bertz CT molecular complexity index is 249. The van der Waals surface area contributed by atoms with E-state index in [0.717, 1.165) is 0 Å². The summed E-state index contributed by atoms with van der Waals surface area (Å²) in [7, 11) is -2.70. The van der Waals surface area contributed by atoms with Gasteiger partial charge in [-0.15, -0.1) is 0 Å². The Hall–Kier alpha value is -0.673. The number of carboxylic acid groups (broad SMARTS) is 1. The molecular formula is C12H27NO6Si. The van der Waals surface area contributed by atoms with Crippen LogP contribution in [0.4, 0.5) is 4.79 Å². The Morgan fingerprint density at radius 3 is 1.90 bits per heavy atom. The maximum absolute atomic E-state index is 11.0. The van der Waals surface area contributed by atoms with Gasteiger partial charge in [0.25, 0.3) is 0 Å². The van der Waals surface area contributed by atoms with Crippen molar-refractivity contribution >= 4 is 14.9 Å². The van der Waals surface area contributed by atoms with Gasteiger partial charge in [0.05, 0.1) is 6.61 Å². The quantitative estimate of drug-likeness (QED) is 0.530. The molecule has 0 heterocycles. The fourth-order valence-electron chi connectivity index (χ4n) is 1.91. The number of aliphatic hydroxyl groups is 1. The molecular weight excluding hydrogens is 282 g/mol. The Kier molecular flexibility index (Phi) is 10.7. The summed E-state index contributed by atoms with van der Waals surface area (Å²) >= 11 is 0. The molecule has 0 aliphatic carbocycles. The lowest BCUT2D eigenvalue weighted by atomic mass is 10.4. The van der Waals surface area contributed by atoms with Gasteiger partial charge < -0.3 is 28.4 Å². The molecule has 0 aliphatic rings. The summed E-state index contributed by atoms with van der Waals surface area (Å²) < 4.78 is 17.1. The van der Waals surface area contributed by atoms with E-state index in [0.29, 0.717) is 38.8 Å². The number of amides is 1. The lowest BCUT2D eigenvalue weighted by Gasteiger charge is -2.29. The minimum atomic E-state index is -2.70. The van der Waals surface area contributed by atoms with Crippen LogP contribution in [0.1, 0.15) is 27.2 Å². The van der Waals surface area contributed by atoms with Crippen molar-refractivity contribution in [2.75, 3.05) is 39.5 Å². The monoisotopic (exact) mass is 309 g/mol. The third-order valence-corrected chi connectivity index (χ3v) is 5.80. The number of carbonyl (C=O) groups is 1. The Morgan fingerprint density at radius 2 is 1.55 bits per heavy atom. The van der Waals surface area contributed by atoms with Crippen LogP contribution in [0.3, 0.4) is 0 Å². The molecule has 1 amide bonds. The van der Waals surface area contributed by atoms with Crippen LogP contribution < -0.4 is 0 Å². The fraction of sp³-hybridized carbons (Fsp3) is 0.917. The highest BCUT2D eigenvalue weighted by molar-refractivity contribution is 6.60. The van der Waals surface area contributed by atoms with Crippen molar-refractivity contribution in [3.8, 4) is 0 Å². The maximum Gasteiger partial charge on any atom is 0.500 e. The SMILES string of the molecule is CCO[Si](CCCN(CCO)C(=O)O)(OCC)OCC. The van der Waals surface area contributed by atoms with Crippen LogP contribution in [0.2, 0.25) is 6.04 Å². The van der Waals surface area contributed by atoms with Crippen LogP contribution in [0.15, 0.2) is 0 Å². The minimum absolute atomic E-state index is 0.113. The van der Waals surface area contributed by atoms with Crippen LogP contribution in [-0.2, 0) is 13.3 Å². The first-order chi connectivity index (χ1) is 9.55. The molecule has 0 atom stereocenters. The van der Waals surface area contributed by atoms with E-state index in [4.69, 9.17) is 23.5 Å². The van der Waals surface area contributed by atoms with Gasteiger partial charge >= 0.3 is 14.9 Å². The van der Waals surface area contributed by atoms with E-state index >= 15 is 0 Å². The zero-order valence-electron chi connectivity index (χ0n) is 12.6. The van der Waals surface area contributed by atoms with E-state index in [1.54, 1.807) is 0 Å². The Morgan fingerprint density at radius 1 is 1.05 bits per heavy atom. The molecule has 7 nitrogen and oxygen atoms in total. The van der Waals surface area contributed by atoms with Crippen molar-refractivity contribution in [1.29, 1.82) is 0 Å². The molecule has 0 aromatic carbocycles. The van der Waals surface area contributed by atoms with Gasteiger partial charge in [-0.3, -0.25) is 0 Å². The molecule has 2 N–H and O–H groups in total. The van der Waals surface area contributed by atoms with Crippen LogP contribution in [0, 0.1) is 0 Å². The van der Waals surface area contributed by atoms with Crippen LogP contribution in [0.25, 0.3) is 0 Å². The number of rotatable bonds is 12. The van der Waals surface area contributed by atoms with Crippen LogP contribution >= 0.6 is 0 Å². The summed E-state index contributed by atoms with van der Waals surface area (Å²) in [5.41, 5.74) is 0. The van der Waals surface area contributed by atoms with Gasteiger partial charge in [0.15, 0.2) is 0 Å². The maximum atomic E-state index is 11.0. The fourth-order valence-corrected chi connectivity index (χ4v) is 4.51. The molecule has 0 aromatic rings. The summed E-state index contributed by atoms with van der Waals surface area (Å²) in [6, 6.07) is 0.567. The van der Waals surface area contributed by atoms with E-state index in [9.17, 15) is 4.79 Å². The van der Waals surface area contributed by atoms with Gasteiger partial charge in [-0.1, -0.05) is 0 Å². The van der Waals surface area contributed by atoms with Gasteiger partial charge in [0, 0.05) is 39.0 Å². The van der Waals surface area contributed by atoms with Gasteiger partial charge in [-0.05, 0) is 27.2 Å². The van der Waals surface area contributed by atoms with Crippen LogP contribution in [-0.4, -0.2) is 69.5 Å². The molecule has 0 bridgehead atoms. The predicted octanol–water partition coefficient (Wildman–Crippen LogP) is 1.40. The lowest BCUT2D eigenvalue weighted by Crippen LogP contribution is -2.46. The number of nitrogens with zero attached hydrogens (tertiary/aromatic N) is 1. The topological polar surface area (TPSA) is 88.5 Å². The standard InChI is InChI=1S/C12H27NO6Si/c1-4-17-20(18-5-2,19-6-3)11-7-8-13(9-10-14)12(15)16/h14H,4-11H2,1-3H3,(H,15,16). The summed E-state index contributed by atoms with van der Waals surface area (Å²) in [4.78, 5) is 12.1. The van der Waals surface area contributed by atoms with E-state index < -0.39 is 14.9 Å². The normalized spacial score (nSPS) is 11.6. The van der Waals surface area contributed by atoms with Gasteiger partial charge in [0.1, 0.15) is 0 Å². The molecule has 0 aliphatic heterocycles. The zero-order valence-corrected chi connectivity index (χ0v) is 13.6. The molecule has 0 saturated heterocycles. The third kappa shape index (κ3) is 7.20. The van der Waals surface area contributed by atoms with E-state index in [1.165, 1.54) is 4.90 Å². The molecule has 0 aromatic heterocycles. The van der Waals surface area contributed by atoms with Crippen molar-refractivity contribution in [2.24, 2.45) is 0 Å². The average Bonchev–Trinajstić information content (AvgIpc) is 2.38. The second kappa shape index (κ2) is 11.0. The van der Waals surface area contributed by atoms with E-state index in [-0.39, 0.29) is 13.2 Å². The first-order valence-electron chi connectivity index (χ1n) is 7.05. The molecule has 120 valence electrons. The lowest BCUT2D eigenvalue weighted by molar-refractivity contribution is 0.0693. The van der Waals surface area contributed by atoms with Gasteiger partial charge in [-0.25, -0.2) is 4.79 Å². The molecule has 0 rings (SSSR count). The Balaban J connectivity index is 4.45. The second-order valence-electron chi connectivity index (χ2n) is 4.08. The van der Waals surface area contributed by atoms with Crippen molar-refractivity contribution in [3.63, 3.8) is 0 Å². The molecule has 0 fully saturated rings. The summed E-state index contributed by atoms with van der Waals surface area (Å²) in [5, 5.41) is 17.8. The molecule has 20 heavy (non-hydrogen) atoms. The number of aliphatic hydroxyl groups excluding tert-OH is 1. The summed E-state index contributed by atoms with van der Waals surface area (Å²) in [6.07, 6.45) is -0.450. The van der Waals surface area contributed by atoms with Gasteiger partial charge in [0.2, 0.25) is 0 Å². The second-order valence-corrected chi connectivity index (χ2v) is 6.81. The largest absolute Gasteiger partial charge is 0.500 e. The molecule has 0 saturated carbocycles. The van der Waals surface area contributed by atoms with Crippen LogP contribution in [0.5, 0.6) is 0 Å². The molecule has 0 unspecified atom stereocenters. The number of hydrogen-bond acceptors (Lipinski definition) is 5. The van der Waals surface area contributed by atoms with Gasteiger partial charge in [-0.2, -0.15) is 0 Å². The zero-order chi connectivity index (χ0) is 15.4. The van der Waals surface area contributed by atoms with E-state index in [2.05, 4.69) is 0 Å². The Labute approximate surface area is 121 Å². The highest BCUT2D eigenvalue weighted by Gasteiger charge is 2.39. The number of hydrogen-bond donors (Lipinski definition) is 2. The molecule has 0 radical (unpaired) electrons. The highest BCUT2D eigenvalue weighted by Crippen LogP contribution is 2.18. The van der Waals surface area contributed by atoms with E-state index in [1.807, 2.05) is 20.8 Å². The highest BCUT2D eigenvalue weighted by atomic mass is 28.4. The van der Waals surface area contributed by atoms with Crippen molar-refractivity contribution in [1.82, 2.24) is 4.90 Å². The van der Waals surface area contributed by atoms with Crippen molar-refractivity contribution < 1.29 is 28.3 Å². The third-order valence-electron chi connectivity index (χ3n) is 2.64. The average molecular weight is 309 g/mol. The first kappa shape index (κ1) is 19.3. The molecule has 0 spiro atoms. The summed E-state index contributed by atoms with van der Waals surface area (Å²) in [6.45, 7) is 7.43. The predicted molar refractivity (Wildman–Crippen MR) is 76.7 cm³/mol. The van der Waals surface area contributed by atoms with Crippen molar-refractivity contribution in [3.05, 3.63) is 0 Å². The van der Waals surface area contributed by atoms with Crippen molar-refractivity contribution in [2.45, 2.75) is 33.2 Å². The minimum Gasteiger partial charge on any atom is -0.465 e.